The lowest BCUT2D eigenvalue weighted by Crippen LogP contribution is -2.16. The zero-order valence-electron chi connectivity index (χ0n) is 19.8. The minimum absolute atomic E-state index is 0.0840. The standard InChI is InChI=1S/C28H32N2O2/c1-18-20(13-10-14-22(18)19-11-8-7-9-12-19)17-32-25(31)24-23(28(24,5)6)21-15-29-26(30-16-21)27(2,3)4/h7-16,23-24H,17H2,1-6H3. The Hall–Kier alpha value is -3.01. The van der Waals surface area contributed by atoms with Crippen molar-refractivity contribution in [3.05, 3.63) is 83.4 Å². The van der Waals surface area contributed by atoms with E-state index < -0.39 is 0 Å². The van der Waals surface area contributed by atoms with Crippen LogP contribution in [-0.4, -0.2) is 15.9 Å². The van der Waals surface area contributed by atoms with E-state index in [-0.39, 0.29) is 35.2 Å². The first-order chi connectivity index (χ1) is 15.1. The molecule has 4 nitrogen and oxygen atoms in total. The summed E-state index contributed by atoms with van der Waals surface area (Å²) in [6.45, 7) is 12.9. The molecule has 0 spiro atoms. The molecule has 32 heavy (non-hydrogen) atoms. The predicted molar refractivity (Wildman–Crippen MR) is 127 cm³/mol. The van der Waals surface area contributed by atoms with Crippen molar-refractivity contribution in [3.63, 3.8) is 0 Å². The van der Waals surface area contributed by atoms with Crippen molar-refractivity contribution in [1.82, 2.24) is 9.97 Å². The molecule has 1 aliphatic carbocycles. The van der Waals surface area contributed by atoms with Crippen LogP contribution in [0.2, 0.25) is 0 Å². The molecule has 1 heterocycles. The van der Waals surface area contributed by atoms with Crippen molar-refractivity contribution < 1.29 is 9.53 Å². The van der Waals surface area contributed by atoms with Gasteiger partial charge in [0.15, 0.2) is 0 Å². The van der Waals surface area contributed by atoms with Gasteiger partial charge in [-0.1, -0.05) is 83.1 Å². The Bertz CT molecular complexity index is 1110. The number of hydrogen-bond acceptors (Lipinski definition) is 4. The summed E-state index contributed by atoms with van der Waals surface area (Å²) in [4.78, 5) is 22.1. The molecular weight excluding hydrogens is 396 g/mol. The van der Waals surface area contributed by atoms with E-state index >= 15 is 0 Å². The van der Waals surface area contributed by atoms with Crippen LogP contribution in [0.1, 0.15) is 63.1 Å². The Kier molecular flexibility index (Phi) is 5.66. The third-order valence-corrected chi connectivity index (χ3v) is 6.68. The van der Waals surface area contributed by atoms with Crippen LogP contribution in [0.15, 0.2) is 60.9 Å². The SMILES string of the molecule is Cc1c(COC(=O)C2C(c3cnc(C(C)(C)C)nc3)C2(C)C)cccc1-c1ccccc1. The van der Waals surface area contributed by atoms with Crippen LogP contribution < -0.4 is 0 Å². The molecule has 0 amide bonds. The maximum atomic E-state index is 13.0. The van der Waals surface area contributed by atoms with E-state index in [2.05, 4.69) is 69.7 Å². The summed E-state index contributed by atoms with van der Waals surface area (Å²) in [6.07, 6.45) is 3.75. The fourth-order valence-corrected chi connectivity index (χ4v) is 4.59. The Labute approximate surface area is 191 Å². The average molecular weight is 429 g/mol. The summed E-state index contributed by atoms with van der Waals surface area (Å²) in [7, 11) is 0. The number of carbonyl (C=O) groups excluding carboxylic acids is 1. The summed E-state index contributed by atoms with van der Waals surface area (Å²) >= 11 is 0. The van der Waals surface area contributed by atoms with E-state index in [1.165, 1.54) is 11.1 Å². The van der Waals surface area contributed by atoms with Gasteiger partial charge in [-0.2, -0.15) is 0 Å². The largest absolute Gasteiger partial charge is 0.461 e. The highest BCUT2D eigenvalue weighted by molar-refractivity contribution is 5.79. The molecule has 166 valence electrons. The predicted octanol–water partition coefficient (Wildman–Crippen LogP) is 6.23. The zero-order valence-corrected chi connectivity index (χ0v) is 19.8. The molecule has 1 aromatic heterocycles. The van der Waals surface area contributed by atoms with Crippen molar-refractivity contribution in [2.45, 2.75) is 59.5 Å². The van der Waals surface area contributed by atoms with E-state index in [1.54, 1.807) is 0 Å². The average Bonchev–Trinajstić information content (AvgIpc) is 3.35. The molecule has 1 fully saturated rings. The minimum Gasteiger partial charge on any atom is -0.461 e. The molecule has 3 aromatic rings. The summed E-state index contributed by atoms with van der Waals surface area (Å²) in [6, 6.07) is 16.4. The quantitative estimate of drug-likeness (QED) is 0.452. The number of aromatic nitrogens is 2. The Morgan fingerprint density at radius 1 is 1.00 bits per heavy atom. The van der Waals surface area contributed by atoms with Gasteiger partial charge in [-0.15, -0.1) is 0 Å². The summed E-state index contributed by atoms with van der Waals surface area (Å²) in [5.74, 6) is 0.571. The number of esters is 1. The van der Waals surface area contributed by atoms with E-state index in [4.69, 9.17) is 4.74 Å². The molecule has 1 saturated carbocycles. The summed E-state index contributed by atoms with van der Waals surface area (Å²) < 4.78 is 5.81. The normalized spacial score (nSPS) is 19.4. The molecule has 2 aromatic carbocycles. The lowest BCUT2D eigenvalue weighted by atomic mass is 9.95. The third kappa shape index (κ3) is 4.19. The molecule has 0 bridgehead atoms. The van der Waals surface area contributed by atoms with Crippen molar-refractivity contribution in [2.24, 2.45) is 11.3 Å². The van der Waals surface area contributed by atoms with Gasteiger partial charge in [0.25, 0.3) is 0 Å². The zero-order chi connectivity index (χ0) is 23.1. The Morgan fingerprint density at radius 3 is 2.28 bits per heavy atom. The van der Waals surface area contributed by atoms with Crippen LogP contribution in [0.4, 0.5) is 0 Å². The monoisotopic (exact) mass is 428 g/mol. The van der Waals surface area contributed by atoms with Crippen molar-refractivity contribution in [3.8, 4) is 11.1 Å². The van der Waals surface area contributed by atoms with Crippen molar-refractivity contribution in [1.29, 1.82) is 0 Å². The lowest BCUT2D eigenvalue weighted by molar-refractivity contribution is -0.147. The van der Waals surface area contributed by atoms with Crippen LogP contribution in [0, 0.1) is 18.3 Å². The first-order valence-corrected chi connectivity index (χ1v) is 11.2. The molecule has 2 unspecified atom stereocenters. The van der Waals surface area contributed by atoms with Crippen LogP contribution in [0.25, 0.3) is 11.1 Å². The first-order valence-electron chi connectivity index (χ1n) is 11.2. The van der Waals surface area contributed by atoms with Crippen molar-refractivity contribution >= 4 is 5.97 Å². The molecule has 0 radical (unpaired) electrons. The Balaban J connectivity index is 1.46. The second kappa shape index (κ2) is 8.16. The third-order valence-electron chi connectivity index (χ3n) is 6.68. The van der Waals surface area contributed by atoms with Crippen LogP contribution in [0.3, 0.4) is 0 Å². The van der Waals surface area contributed by atoms with Gasteiger partial charge in [0, 0.05) is 23.7 Å². The molecule has 4 heteroatoms. The first kappa shape index (κ1) is 22.2. The van der Waals surface area contributed by atoms with E-state index in [0.717, 1.165) is 22.5 Å². The molecule has 2 atom stereocenters. The number of benzene rings is 2. The van der Waals surface area contributed by atoms with E-state index in [9.17, 15) is 4.79 Å². The van der Waals surface area contributed by atoms with Crippen LogP contribution >= 0.6 is 0 Å². The van der Waals surface area contributed by atoms with Gasteiger partial charge < -0.3 is 4.74 Å². The van der Waals surface area contributed by atoms with Gasteiger partial charge in [0.1, 0.15) is 12.4 Å². The van der Waals surface area contributed by atoms with Crippen LogP contribution in [0.5, 0.6) is 0 Å². The lowest BCUT2D eigenvalue weighted by Gasteiger charge is -2.16. The maximum absolute atomic E-state index is 13.0. The topological polar surface area (TPSA) is 52.1 Å². The highest BCUT2D eigenvalue weighted by Crippen LogP contribution is 2.64. The summed E-state index contributed by atoms with van der Waals surface area (Å²) in [5, 5.41) is 0. The van der Waals surface area contributed by atoms with Gasteiger partial charge in [-0.05, 0) is 40.2 Å². The molecule has 0 aliphatic heterocycles. The van der Waals surface area contributed by atoms with E-state index in [1.807, 2.05) is 42.7 Å². The smallest absolute Gasteiger partial charge is 0.310 e. The van der Waals surface area contributed by atoms with Gasteiger partial charge in [-0.25, -0.2) is 9.97 Å². The summed E-state index contributed by atoms with van der Waals surface area (Å²) in [5.41, 5.74) is 5.26. The van der Waals surface area contributed by atoms with Gasteiger partial charge in [0.2, 0.25) is 0 Å². The number of carbonyl (C=O) groups is 1. The second-order valence-corrected chi connectivity index (χ2v) is 10.4. The number of ether oxygens (including phenoxy) is 1. The van der Waals surface area contributed by atoms with Gasteiger partial charge >= 0.3 is 5.97 Å². The molecule has 4 rings (SSSR count). The van der Waals surface area contributed by atoms with Crippen LogP contribution in [-0.2, 0) is 21.6 Å². The fraction of sp³-hybridized carbons (Fsp3) is 0.393. The molecule has 1 aliphatic rings. The van der Waals surface area contributed by atoms with Gasteiger partial charge in [0.05, 0.1) is 5.92 Å². The minimum atomic E-state index is -0.177. The molecule has 0 N–H and O–H groups in total. The van der Waals surface area contributed by atoms with Gasteiger partial charge in [-0.3, -0.25) is 4.79 Å². The molecule has 0 saturated heterocycles. The Morgan fingerprint density at radius 2 is 1.66 bits per heavy atom. The highest BCUT2D eigenvalue weighted by atomic mass is 16.5. The highest BCUT2D eigenvalue weighted by Gasteiger charge is 2.63. The number of hydrogen-bond donors (Lipinski definition) is 0. The maximum Gasteiger partial charge on any atom is 0.310 e. The fourth-order valence-electron chi connectivity index (χ4n) is 4.59. The number of rotatable bonds is 5. The second-order valence-electron chi connectivity index (χ2n) is 10.4. The molecular formula is C28H32N2O2. The number of nitrogens with zero attached hydrogens (tertiary/aromatic N) is 2. The van der Waals surface area contributed by atoms with E-state index in [0.29, 0.717) is 0 Å². The van der Waals surface area contributed by atoms with Crippen molar-refractivity contribution in [2.75, 3.05) is 0 Å².